The Morgan fingerprint density at radius 1 is 0.886 bits per heavy atom. The van der Waals surface area contributed by atoms with Crippen molar-refractivity contribution < 1.29 is 8.78 Å². The Balaban J connectivity index is 1.72. The molecule has 0 radical (unpaired) electrons. The number of allylic oxidation sites excluding steroid dienone is 1. The number of nitrogens with zero attached hydrogens (tertiary/aromatic N) is 2. The monoisotopic (exact) mass is 527 g/mol. The van der Waals surface area contributed by atoms with Crippen LogP contribution < -0.4 is 5.32 Å². The molecule has 0 saturated heterocycles. The summed E-state index contributed by atoms with van der Waals surface area (Å²) in [4.78, 5) is 4.94. The van der Waals surface area contributed by atoms with Crippen molar-refractivity contribution in [2.45, 2.75) is 19.3 Å². The first-order chi connectivity index (χ1) is 17.0. The molecule has 1 N–H and O–H groups in total. The average Bonchev–Trinajstić information content (AvgIpc) is 2.87. The van der Waals surface area contributed by atoms with Crippen LogP contribution in [0.3, 0.4) is 0 Å². The van der Waals surface area contributed by atoms with Crippen LogP contribution >= 0.6 is 15.9 Å². The van der Waals surface area contributed by atoms with Crippen LogP contribution in [0.15, 0.2) is 77.3 Å². The Bertz CT molecular complexity index is 1450. The number of anilines is 2. The van der Waals surface area contributed by atoms with Crippen LogP contribution in [-0.4, -0.2) is 4.98 Å². The molecule has 1 aromatic heterocycles. The van der Waals surface area contributed by atoms with E-state index in [1.165, 1.54) is 24.3 Å². The second-order valence-corrected chi connectivity index (χ2v) is 9.28. The second kappa shape index (κ2) is 9.81. The van der Waals surface area contributed by atoms with Gasteiger partial charge in [-0.2, -0.15) is 5.26 Å². The Kier molecular flexibility index (Phi) is 6.43. The molecule has 1 aliphatic rings. The second-order valence-electron chi connectivity index (χ2n) is 8.36. The number of halogens is 3. The van der Waals surface area contributed by atoms with Gasteiger partial charge in [0, 0.05) is 15.7 Å². The molecule has 0 amide bonds. The van der Waals surface area contributed by atoms with Crippen LogP contribution in [-0.2, 0) is 6.42 Å². The van der Waals surface area contributed by atoms with E-state index in [-0.39, 0.29) is 11.6 Å². The zero-order valence-corrected chi connectivity index (χ0v) is 20.2. The highest BCUT2D eigenvalue weighted by atomic mass is 79.9. The maximum absolute atomic E-state index is 13.7. The summed E-state index contributed by atoms with van der Waals surface area (Å²) in [5.74, 6) is -0.173. The highest BCUT2D eigenvalue weighted by molar-refractivity contribution is 9.10. The fourth-order valence-corrected chi connectivity index (χ4v) is 4.68. The molecule has 4 aromatic rings. The standard InChI is InChI=1S/C29H20BrF2N3/c30-21-8-14-24(15-9-21)34-29-26(17-33)27(19-6-12-23(32)13-7-19)25-3-1-2-20(28(25)35-29)16-18-4-10-22(31)11-5-18/h4-16H,1-3H2,(H,34,35)/b20-16+. The lowest BCUT2D eigenvalue weighted by atomic mass is 9.83. The number of aromatic nitrogens is 1. The molecule has 6 heteroatoms. The van der Waals surface area contributed by atoms with E-state index in [0.29, 0.717) is 11.4 Å². The molecule has 0 spiro atoms. The number of nitriles is 1. The number of rotatable bonds is 4. The van der Waals surface area contributed by atoms with Gasteiger partial charge in [-0.15, -0.1) is 0 Å². The van der Waals surface area contributed by atoms with Gasteiger partial charge in [0.25, 0.3) is 0 Å². The normalized spacial score (nSPS) is 13.8. The molecular weight excluding hydrogens is 508 g/mol. The Labute approximate surface area is 210 Å². The number of pyridine rings is 1. The van der Waals surface area contributed by atoms with E-state index in [2.05, 4.69) is 27.3 Å². The van der Waals surface area contributed by atoms with Crippen molar-refractivity contribution in [2.75, 3.05) is 5.32 Å². The van der Waals surface area contributed by atoms with E-state index in [9.17, 15) is 14.0 Å². The van der Waals surface area contributed by atoms with Crippen molar-refractivity contribution in [1.82, 2.24) is 4.98 Å². The zero-order chi connectivity index (χ0) is 24.4. The third-order valence-electron chi connectivity index (χ3n) is 6.04. The van der Waals surface area contributed by atoms with Crippen molar-refractivity contribution in [3.05, 3.63) is 111 Å². The van der Waals surface area contributed by atoms with Crippen molar-refractivity contribution in [3.63, 3.8) is 0 Å². The first-order valence-electron chi connectivity index (χ1n) is 11.2. The molecule has 0 bridgehead atoms. The third kappa shape index (κ3) is 4.87. The molecular formula is C29H20BrF2N3. The van der Waals surface area contributed by atoms with Crippen LogP contribution in [0.1, 0.15) is 35.2 Å². The van der Waals surface area contributed by atoms with Gasteiger partial charge in [0.15, 0.2) is 0 Å². The SMILES string of the molecule is N#Cc1c(Nc2ccc(Br)cc2)nc2c(c1-c1ccc(F)cc1)CCC/C2=C\c1ccc(F)cc1. The zero-order valence-electron chi connectivity index (χ0n) is 18.7. The number of fused-ring (bicyclic) bond motifs is 1. The van der Waals surface area contributed by atoms with Crippen molar-refractivity contribution in [2.24, 2.45) is 0 Å². The first-order valence-corrected chi connectivity index (χ1v) is 12.0. The fraction of sp³-hybridized carbons (Fsp3) is 0.103. The molecule has 0 atom stereocenters. The molecule has 1 aliphatic carbocycles. The smallest absolute Gasteiger partial charge is 0.149 e. The van der Waals surface area contributed by atoms with E-state index in [1.54, 1.807) is 24.3 Å². The van der Waals surface area contributed by atoms with Gasteiger partial charge in [0.05, 0.1) is 5.69 Å². The Hall–Kier alpha value is -3.82. The van der Waals surface area contributed by atoms with E-state index < -0.39 is 0 Å². The molecule has 3 nitrogen and oxygen atoms in total. The summed E-state index contributed by atoms with van der Waals surface area (Å²) in [6.45, 7) is 0. The van der Waals surface area contributed by atoms with Gasteiger partial charge in [-0.05, 0) is 96.1 Å². The van der Waals surface area contributed by atoms with Crippen LogP contribution in [0.25, 0.3) is 22.8 Å². The van der Waals surface area contributed by atoms with Crippen LogP contribution in [0, 0.1) is 23.0 Å². The number of nitrogens with one attached hydrogen (secondary N) is 1. The summed E-state index contributed by atoms with van der Waals surface area (Å²) in [6.07, 6.45) is 4.47. The summed E-state index contributed by atoms with van der Waals surface area (Å²) in [6, 6.07) is 22.5. The lowest BCUT2D eigenvalue weighted by molar-refractivity contribution is 0.627. The third-order valence-corrected chi connectivity index (χ3v) is 6.57. The van der Waals surface area contributed by atoms with Gasteiger partial charge in [-0.25, -0.2) is 13.8 Å². The molecule has 0 unspecified atom stereocenters. The minimum atomic E-state index is -0.333. The minimum absolute atomic E-state index is 0.285. The molecule has 0 saturated carbocycles. The summed E-state index contributed by atoms with van der Waals surface area (Å²) in [7, 11) is 0. The molecule has 3 aromatic carbocycles. The molecule has 35 heavy (non-hydrogen) atoms. The quantitative estimate of drug-likeness (QED) is 0.290. The molecule has 0 aliphatic heterocycles. The van der Waals surface area contributed by atoms with Gasteiger partial charge in [-0.3, -0.25) is 0 Å². The first kappa shape index (κ1) is 22.9. The summed E-state index contributed by atoms with van der Waals surface area (Å²) in [5.41, 5.74) is 6.41. The van der Waals surface area contributed by atoms with E-state index in [1.807, 2.05) is 30.3 Å². The largest absolute Gasteiger partial charge is 0.339 e. The fourth-order valence-electron chi connectivity index (χ4n) is 4.41. The topological polar surface area (TPSA) is 48.7 Å². The van der Waals surface area contributed by atoms with Gasteiger partial charge < -0.3 is 5.32 Å². The van der Waals surface area contributed by atoms with Crippen LogP contribution in [0.2, 0.25) is 0 Å². The molecule has 5 rings (SSSR count). The average molecular weight is 528 g/mol. The van der Waals surface area contributed by atoms with Gasteiger partial charge >= 0.3 is 0 Å². The Morgan fingerprint density at radius 2 is 1.54 bits per heavy atom. The van der Waals surface area contributed by atoms with Gasteiger partial charge in [-0.1, -0.05) is 40.2 Å². The maximum atomic E-state index is 13.7. The lowest BCUT2D eigenvalue weighted by Crippen LogP contribution is -2.11. The van der Waals surface area contributed by atoms with E-state index in [0.717, 1.165) is 62.9 Å². The van der Waals surface area contributed by atoms with Crippen LogP contribution in [0.4, 0.5) is 20.3 Å². The van der Waals surface area contributed by atoms with Gasteiger partial charge in [0.2, 0.25) is 0 Å². The number of benzene rings is 3. The van der Waals surface area contributed by atoms with Gasteiger partial charge in [0.1, 0.15) is 29.1 Å². The van der Waals surface area contributed by atoms with Crippen molar-refractivity contribution >= 4 is 39.1 Å². The number of hydrogen-bond acceptors (Lipinski definition) is 3. The number of hydrogen-bond donors (Lipinski definition) is 1. The molecule has 0 fully saturated rings. The summed E-state index contributed by atoms with van der Waals surface area (Å²) >= 11 is 3.44. The summed E-state index contributed by atoms with van der Waals surface area (Å²) < 4.78 is 28.1. The predicted octanol–water partition coefficient (Wildman–Crippen LogP) is 8.28. The summed E-state index contributed by atoms with van der Waals surface area (Å²) in [5, 5.41) is 13.5. The molecule has 172 valence electrons. The van der Waals surface area contributed by atoms with Crippen molar-refractivity contribution in [1.29, 1.82) is 5.26 Å². The van der Waals surface area contributed by atoms with Crippen molar-refractivity contribution in [3.8, 4) is 17.2 Å². The highest BCUT2D eigenvalue weighted by Gasteiger charge is 2.25. The van der Waals surface area contributed by atoms with E-state index in [4.69, 9.17) is 4.98 Å². The maximum Gasteiger partial charge on any atom is 0.149 e. The van der Waals surface area contributed by atoms with E-state index >= 15 is 0 Å². The van der Waals surface area contributed by atoms with Crippen LogP contribution in [0.5, 0.6) is 0 Å². The Morgan fingerprint density at radius 3 is 2.20 bits per heavy atom. The molecule has 1 heterocycles. The lowest BCUT2D eigenvalue weighted by Gasteiger charge is -2.24. The minimum Gasteiger partial charge on any atom is -0.339 e. The predicted molar refractivity (Wildman–Crippen MR) is 139 cm³/mol. The highest BCUT2D eigenvalue weighted by Crippen LogP contribution is 2.41.